The number of nitrogens with one attached hydrogen (secondary N) is 1. The van der Waals surface area contributed by atoms with Crippen LogP contribution in [0.25, 0.3) is 11.0 Å². The van der Waals surface area contributed by atoms with Crippen molar-refractivity contribution in [3.05, 3.63) is 40.2 Å². The van der Waals surface area contributed by atoms with Crippen molar-refractivity contribution < 1.29 is 53.7 Å². The zero-order valence-corrected chi connectivity index (χ0v) is 20.4. The van der Waals surface area contributed by atoms with Gasteiger partial charge in [0.25, 0.3) is 0 Å². The number of amides is 1. The molecule has 13 nitrogen and oxygen atoms in total. The fraction of sp³-hybridized carbons (Fsp3) is 0.583. The van der Waals surface area contributed by atoms with Gasteiger partial charge in [-0.05, 0) is 31.5 Å². The number of carbonyl (C=O) groups is 1. The minimum Gasteiger partial charge on any atom is -0.462 e. The molecule has 2 fully saturated rings. The average molecular weight is 526 g/mol. The van der Waals surface area contributed by atoms with Gasteiger partial charge < -0.3 is 54.2 Å². The van der Waals surface area contributed by atoms with Crippen LogP contribution in [0.5, 0.6) is 5.75 Å². The van der Waals surface area contributed by atoms with Gasteiger partial charge in [-0.15, -0.1) is 0 Å². The molecule has 2 aromatic rings. The van der Waals surface area contributed by atoms with Crippen LogP contribution < -0.4 is 15.7 Å². The Labute approximate surface area is 211 Å². The highest BCUT2D eigenvalue weighted by atomic mass is 16.7. The molecule has 0 aliphatic carbocycles. The summed E-state index contributed by atoms with van der Waals surface area (Å²) in [4.78, 5) is 23.9. The second kappa shape index (κ2) is 11.0. The van der Waals surface area contributed by atoms with Gasteiger partial charge in [-0.1, -0.05) is 0 Å². The third-order valence-electron chi connectivity index (χ3n) is 6.50. The number of aliphatic hydroxyl groups is 5. The Hall–Kier alpha value is -2.62. The van der Waals surface area contributed by atoms with Crippen LogP contribution in [0.15, 0.2) is 33.5 Å². The van der Waals surface area contributed by atoms with E-state index in [4.69, 9.17) is 23.4 Å². The van der Waals surface area contributed by atoms with E-state index in [1.54, 1.807) is 19.1 Å². The Bertz CT molecular complexity index is 1170. The summed E-state index contributed by atoms with van der Waals surface area (Å²) in [6.07, 6.45) is -12.5. The van der Waals surface area contributed by atoms with Gasteiger partial charge >= 0.3 is 5.63 Å². The minimum absolute atomic E-state index is 0.189. The Balaban J connectivity index is 1.65. The second-order valence-corrected chi connectivity index (χ2v) is 9.25. The van der Waals surface area contributed by atoms with E-state index in [0.29, 0.717) is 10.9 Å². The molecule has 2 saturated heterocycles. The number of carbonyl (C=O) groups excluding carboxylic acids is 1. The third-order valence-corrected chi connectivity index (χ3v) is 6.50. The summed E-state index contributed by atoms with van der Waals surface area (Å²) in [5.74, 6) is -0.339. The molecule has 0 unspecified atom stereocenters. The highest BCUT2D eigenvalue weighted by molar-refractivity contribution is 5.81. The van der Waals surface area contributed by atoms with Crippen molar-refractivity contribution in [1.82, 2.24) is 5.32 Å². The maximum absolute atomic E-state index is 12.1. The third kappa shape index (κ3) is 5.63. The Morgan fingerprint density at radius 3 is 2.43 bits per heavy atom. The standard InChI is InChI=1S/C24H31NO12/c1-9-6-16(28)35-14-7-12(4-5-13(9)14)34-23-17(25-11(3)27)22(19(30)15(8-26)36-23)37-24-21(32)20(31)18(29)10(2)33-24/h4-7,10,15,17-24,26,29-32H,8H2,1-3H3,(H,25,27)/t10-,15+,17-,18+,19+,20-,21-,22+,23+,24+/m0/s1. The topological polar surface area (TPSA) is 197 Å². The van der Waals surface area contributed by atoms with Gasteiger partial charge in [-0.25, -0.2) is 4.79 Å². The number of hydrogen-bond acceptors (Lipinski definition) is 12. The lowest BCUT2D eigenvalue weighted by Crippen LogP contribution is -2.68. The molecule has 6 N–H and O–H groups in total. The van der Waals surface area contributed by atoms with E-state index in [2.05, 4.69) is 5.32 Å². The first kappa shape index (κ1) is 27.4. The highest BCUT2D eigenvalue weighted by Gasteiger charge is 2.51. The molecule has 2 aliphatic heterocycles. The number of ether oxygens (including phenoxy) is 4. The van der Waals surface area contributed by atoms with Crippen LogP contribution in [0.2, 0.25) is 0 Å². The molecule has 3 heterocycles. The van der Waals surface area contributed by atoms with Crippen LogP contribution in [-0.2, 0) is 19.0 Å². The van der Waals surface area contributed by atoms with Crippen molar-refractivity contribution in [3.8, 4) is 5.75 Å². The monoisotopic (exact) mass is 525 g/mol. The summed E-state index contributed by atoms with van der Waals surface area (Å²) >= 11 is 0. The van der Waals surface area contributed by atoms with Crippen LogP contribution >= 0.6 is 0 Å². The maximum atomic E-state index is 12.1. The fourth-order valence-corrected chi connectivity index (χ4v) is 4.51. The van der Waals surface area contributed by atoms with Crippen molar-refractivity contribution in [3.63, 3.8) is 0 Å². The van der Waals surface area contributed by atoms with E-state index >= 15 is 0 Å². The number of fused-ring (bicyclic) bond motifs is 1. The lowest BCUT2D eigenvalue weighted by molar-refractivity contribution is -0.335. The summed E-state index contributed by atoms with van der Waals surface area (Å²) < 4.78 is 28.2. The molecule has 0 radical (unpaired) electrons. The van der Waals surface area contributed by atoms with E-state index in [0.717, 1.165) is 0 Å². The smallest absolute Gasteiger partial charge is 0.336 e. The first-order valence-electron chi connectivity index (χ1n) is 11.8. The molecule has 1 amide bonds. The van der Waals surface area contributed by atoms with E-state index in [1.165, 1.54) is 26.0 Å². The van der Waals surface area contributed by atoms with E-state index in [9.17, 15) is 35.1 Å². The molecule has 4 rings (SSSR count). The largest absolute Gasteiger partial charge is 0.462 e. The number of hydrogen-bond donors (Lipinski definition) is 6. The van der Waals surface area contributed by atoms with Gasteiger partial charge in [0, 0.05) is 24.4 Å². The van der Waals surface area contributed by atoms with E-state index in [-0.39, 0.29) is 11.3 Å². The van der Waals surface area contributed by atoms with Gasteiger partial charge in [0.15, 0.2) is 6.29 Å². The number of aliphatic hydroxyl groups excluding tert-OH is 5. The Morgan fingerprint density at radius 1 is 1.03 bits per heavy atom. The zero-order chi connectivity index (χ0) is 27.0. The minimum atomic E-state index is -1.68. The van der Waals surface area contributed by atoms with Gasteiger partial charge in [0.1, 0.15) is 54.0 Å². The fourth-order valence-electron chi connectivity index (χ4n) is 4.51. The summed E-state index contributed by atoms with van der Waals surface area (Å²) in [7, 11) is 0. The quantitative estimate of drug-likeness (QED) is 0.234. The highest BCUT2D eigenvalue weighted by Crippen LogP contribution is 2.31. The first-order valence-corrected chi connectivity index (χ1v) is 11.8. The lowest BCUT2D eigenvalue weighted by Gasteiger charge is -2.47. The van der Waals surface area contributed by atoms with Crippen molar-refractivity contribution >= 4 is 16.9 Å². The summed E-state index contributed by atoms with van der Waals surface area (Å²) in [5, 5.41) is 54.5. The molecular weight excluding hydrogens is 494 g/mol. The van der Waals surface area contributed by atoms with Crippen molar-refractivity contribution in [1.29, 1.82) is 0 Å². The van der Waals surface area contributed by atoms with Crippen molar-refractivity contribution in [2.45, 2.75) is 82.1 Å². The normalized spacial score (nSPS) is 36.3. The molecule has 2 aliphatic rings. The molecule has 13 heteroatoms. The van der Waals surface area contributed by atoms with Gasteiger partial charge in [-0.3, -0.25) is 4.79 Å². The summed E-state index contributed by atoms with van der Waals surface area (Å²) in [6.45, 7) is 3.79. The SMILES string of the molecule is CC(=O)N[C@@H]1[C@H](Oc2ccc3c(C)cc(=O)oc3c2)O[C@H](CO)[C@@H](O)[C@@H]1O[C@H]1O[C@@H](C)[C@@H](O)[C@H](O)[C@@H]1O. The van der Waals surface area contributed by atoms with Crippen LogP contribution in [-0.4, -0.2) is 99.4 Å². The molecule has 0 saturated carbocycles. The van der Waals surface area contributed by atoms with Crippen molar-refractivity contribution in [2.24, 2.45) is 0 Å². The molecule has 204 valence electrons. The van der Waals surface area contributed by atoms with Crippen LogP contribution in [0, 0.1) is 6.92 Å². The average Bonchev–Trinajstić information content (AvgIpc) is 2.84. The molecule has 1 aromatic heterocycles. The molecular formula is C24H31NO12. The summed E-state index contributed by atoms with van der Waals surface area (Å²) in [5.41, 5.74) is 0.408. The predicted molar refractivity (Wildman–Crippen MR) is 124 cm³/mol. The maximum Gasteiger partial charge on any atom is 0.336 e. The number of benzene rings is 1. The van der Waals surface area contributed by atoms with Gasteiger partial charge in [0.05, 0.1) is 12.7 Å². The van der Waals surface area contributed by atoms with Crippen LogP contribution in [0.1, 0.15) is 19.4 Å². The van der Waals surface area contributed by atoms with Gasteiger partial charge in [0.2, 0.25) is 12.2 Å². The Kier molecular flexibility index (Phi) is 8.16. The van der Waals surface area contributed by atoms with E-state index in [1.807, 2.05) is 0 Å². The zero-order valence-electron chi connectivity index (χ0n) is 20.4. The molecule has 1 aromatic carbocycles. The second-order valence-electron chi connectivity index (χ2n) is 9.25. The molecule has 0 spiro atoms. The molecule has 10 atom stereocenters. The van der Waals surface area contributed by atoms with Crippen molar-refractivity contribution in [2.75, 3.05) is 6.61 Å². The number of rotatable bonds is 6. The summed E-state index contributed by atoms with van der Waals surface area (Å²) in [6, 6.07) is 4.89. The molecule has 0 bridgehead atoms. The Morgan fingerprint density at radius 2 is 1.76 bits per heavy atom. The number of aryl methyl sites for hydroxylation is 1. The molecule has 37 heavy (non-hydrogen) atoms. The van der Waals surface area contributed by atoms with Gasteiger partial charge in [-0.2, -0.15) is 0 Å². The first-order chi connectivity index (χ1) is 17.5. The van der Waals surface area contributed by atoms with Crippen LogP contribution in [0.3, 0.4) is 0 Å². The van der Waals surface area contributed by atoms with E-state index < -0.39 is 79.5 Å². The predicted octanol–water partition coefficient (Wildman–Crippen LogP) is -1.72. The lowest BCUT2D eigenvalue weighted by atomic mass is 9.95. The van der Waals surface area contributed by atoms with Crippen LogP contribution in [0.4, 0.5) is 0 Å².